The van der Waals surface area contributed by atoms with E-state index < -0.39 is 6.04 Å². The number of benzene rings is 1. The van der Waals surface area contributed by atoms with E-state index >= 15 is 0 Å². The summed E-state index contributed by atoms with van der Waals surface area (Å²) in [4.78, 5) is 25.4. The molecule has 0 spiro atoms. The maximum absolute atomic E-state index is 12.3. The Morgan fingerprint density at radius 3 is 2.72 bits per heavy atom. The van der Waals surface area contributed by atoms with Crippen molar-refractivity contribution in [1.29, 1.82) is 0 Å². The van der Waals surface area contributed by atoms with Gasteiger partial charge < -0.3 is 15.3 Å². The van der Waals surface area contributed by atoms with E-state index in [1.165, 1.54) is 17.0 Å². The Kier molecular flexibility index (Phi) is 3.23. The van der Waals surface area contributed by atoms with Gasteiger partial charge in [-0.2, -0.15) is 0 Å². The highest BCUT2D eigenvalue weighted by atomic mass is 16.3. The quantitative estimate of drug-likeness (QED) is 0.813. The third-order valence-electron chi connectivity index (χ3n) is 2.98. The molecule has 1 saturated heterocycles. The molecule has 2 amide bonds. The second-order valence-corrected chi connectivity index (χ2v) is 4.66. The standard InChI is InChI=1S/C13H16N2O3/c1-8(2)15-7-11(17)14-12(13(15)18)9-4-3-5-10(16)6-9/h3-6,8,12,16H,7H2,1-2H3,(H,14,17)/t12-/m0/s1. The normalized spacial score (nSPS) is 20.2. The van der Waals surface area contributed by atoms with Crippen LogP contribution in [0, 0.1) is 0 Å². The van der Waals surface area contributed by atoms with Crippen molar-refractivity contribution in [3.63, 3.8) is 0 Å². The number of piperazine rings is 1. The average molecular weight is 248 g/mol. The van der Waals surface area contributed by atoms with E-state index in [4.69, 9.17) is 0 Å². The largest absolute Gasteiger partial charge is 0.508 e. The maximum Gasteiger partial charge on any atom is 0.250 e. The van der Waals surface area contributed by atoms with Crippen molar-refractivity contribution < 1.29 is 14.7 Å². The summed E-state index contributed by atoms with van der Waals surface area (Å²) < 4.78 is 0. The van der Waals surface area contributed by atoms with E-state index in [1.807, 2.05) is 13.8 Å². The minimum atomic E-state index is -0.708. The van der Waals surface area contributed by atoms with Gasteiger partial charge in [-0.25, -0.2) is 0 Å². The first-order valence-corrected chi connectivity index (χ1v) is 5.88. The highest BCUT2D eigenvalue weighted by Gasteiger charge is 2.34. The van der Waals surface area contributed by atoms with Crippen LogP contribution in [0.5, 0.6) is 5.75 Å². The molecule has 96 valence electrons. The van der Waals surface area contributed by atoms with Gasteiger partial charge in [0.05, 0.1) is 6.54 Å². The molecule has 0 aromatic heterocycles. The number of aromatic hydroxyl groups is 1. The topological polar surface area (TPSA) is 69.6 Å². The molecule has 1 aliphatic heterocycles. The molecule has 0 aliphatic carbocycles. The van der Waals surface area contributed by atoms with Crippen LogP contribution in [-0.2, 0) is 9.59 Å². The van der Waals surface area contributed by atoms with Crippen molar-refractivity contribution in [2.45, 2.75) is 25.9 Å². The summed E-state index contributed by atoms with van der Waals surface area (Å²) in [5, 5.41) is 12.1. The van der Waals surface area contributed by atoms with Gasteiger partial charge >= 0.3 is 0 Å². The van der Waals surface area contributed by atoms with Gasteiger partial charge in [-0.15, -0.1) is 0 Å². The third-order valence-corrected chi connectivity index (χ3v) is 2.98. The van der Waals surface area contributed by atoms with Crippen LogP contribution in [0.3, 0.4) is 0 Å². The van der Waals surface area contributed by atoms with Gasteiger partial charge in [0.15, 0.2) is 0 Å². The molecular weight excluding hydrogens is 232 g/mol. The lowest BCUT2D eigenvalue weighted by molar-refractivity contribution is -0.146. The molecule has 0 bridgehead atoms. The summed E-state index contributed by atoms with van der Waals surface area (Å²) in [6.07, 6.45) is 0. The number of amides is 2. The van der Waals surface area contributed by atoms with Crippen molar-refractivity contribution in [2.75, 3.05) is 6.54 Å². The molecule has 0 unspecified atom stereocenters. The smallest absolute Gasteiger partial charge is 0.250 e. The number of phenols is 1. The highest BCUT2D eigenvalue weighted by molar-refractivity contribution is 5.95. The summed E-state index contributed by atoms with van der Waals surface area (Å²) in [6, 6.07) is 5.65. The number of rotatable bonds is 2. The Labute approximate surface area is 105 Å². The molecule has 2 N–H and O–H groups in total. The molecule has 2 rings (SSSR count). The highest BCUT2D eigenvalue weighted by Crippen LogP contribution is 2.23. The van der Waals surface area contributed by atoms with Crippen LogP contribution in [0.1, 0.15) is 25.5 Å². The maximum atomic E-state index is 12.3. The molecule has 1 aliphatic rings. The third kappa shape index (κ3) is 2.30. The Bertz CT molecular complexity index is 485. The average Bonchev–Trinajstić information content (AvgIpc) is 2.31. The van der Waals surface area contributed by atoms with Gasteiger partial charge in [-0.1, -0.05) is 12.1 Å². The zero-order valence-electron chi connectivity index (χ0n) is 10.4. The second-order valence-electron chi connectivity index (χ2n) is 4.66. The molecular formula is C13H16N2O3. The Hall–Kier alpha value is -2.04. The Balaban J connectivity index is 2.32. The lowest BCUT2D eigenvalue weighted by Crippen LogP contribution is -2.55. The molecule has 5 nitrogen and oxygen atoms in total. The number of nitrogens with one attached hydrogen (secondary N) is 1. The summed E-state index contributed by atoms with van der Waals surface area (Å²) in [5.74, 6) is -0.247. The zero-order valence-corrected chi connectivity index (χ0v) is 10.4. The second kappa shape index (κ2) is 4.68. The minimum absolute atomic E-state index is 0.0247. The molecule has 1 aromatic rings. The summed E-state index contributed by atoms with van der Waals surface area (Å²) >= 11 is 0. The van der Waals surface area contributed by atoms with Gasteiger partial charge in [0.2, 0.25) is 5.91 Å². The fraction of sp³-hybridized carbons (Fsp3) is 0.385. The lowest BCUT2D eigenvalue weighted by atomic mass is 10.0. The van der Waals surface area contributed by atoms with Crippen LogP contribution in [0.15, 0.2) is 24.3 Å². The number of carbonyl (C=O) groups is 2. The van der Waals surface area contributed by atoms with Crippen LogP contribution >= 0.6 is 0 Å². The van der Waals surface area contributed by atoms with Crippen LogP contribution in [0.2, 0.25) is 0 Å². The van der Waals surface area contributed by atoms with Crippen molar-refractivity contribution in [1.82, 2.24) is 10.2 Å². The SMILES string of the molecule is CC(C)N1CC(=O)N[C@@H](c2cccc(O)c2)C1=O. The molecule has 0 saturated carbocycles. The van der Waals surface area contributed by atoms with Crippen LogP contribution in [0.4, 0.5) is 0 Å². The number of hydrogen-bond donors (Lipinski definition) is 2. The predicted molar refractivity (Wildman–Crippen MR) is 65.8 cm³/mol. The number of hydrogen-bond acceptors (Lipinski definition) is 3. The monoisotopic (exact) mass is 248 g/mol. The molecule has 5 heteroatoms. The first kappa shape index (κ1) is 12.4. The van der Waals surface area contributed by atoms with Crippen LogP contribution < -0.4 is 5.32 Å². The van der Waals surface area contributed by atoms with Crippen molar-refractivity contribution in [2.24, 2.45) is 0 Å². The number of phenolic OH excluding ortho intramolecular Hbond substituents is 1. The van der Waals surface area contributed by atoms with E-state index in [0.29, 0.717) is 5.56 Å². The summed E-state index contributed by atoms with van der Waals surface area (Å²) in [6.45, 7) is 3.83. The van der Waals surface area contributed by atoms with Crippen molar-refractivity contribution in [3.8, 4) is 5.75 Å². The molecule has 18 heavy (non-hydrogen) atoms. The van der Waals surface area contributed by atoms with Crippen LogP contribution in [0.25, 0.3) is 0 Å². The molecule has 1 atom stereocenters. The summed E-state index contributed by atoms with van der Waals surface area (Å²) in [5.41, 5.74) is 0.596. The predicted octanol–water partition coefficient (Wildman–Crippen LogP) is 0.800. The van der Waals surface area contributed by atoms with Gasteiger partial charge in [-0.05, 0) is 31.5 Å². The summed E-state index contributed by atoms with van der Waals surface area (Å²) in [7, 11) is 0. The first-order valence-electron chi connectivity index (χ1n) is 5.88. The lowest BCUT2D eigenvalue weighted by Gasteiger charge is -2.35. The fourth-order valence-electron chi connectivity index (χ4n) is 2.03. The van der Waals surface area contributed by atoms with E-state index in [1.54, 1.807) is 12.1 Å². The van der Waals surface area contributed by atoms with Gasteiger partial charge in [0, 0.05) is 6.04 Å². The minimum Gasteiger partial charge on any atom is -0.508 e. The van der Waals surface area contributed by atoms with E-state index in [2.05, 4.69) is 5.32 Å². The van der Waals surface area contributed by atoms with Gasteiger partial charge in [-0.3, -0.25) is 9.59 Å². The molecule has 1 fully saturated rings. The molecule has 0 radical (unpaired) electrons. The van der Waals surface area contributed by atoms with Gasteiger partial charge in [0.25, 0.3) is 5.91 Å². The Morgan fingerprint density at radius 2 is 2.11 bits per heavy atom. The number of nitrogens with zero attached hydrogens (tertiary/aromatic N) is 1. The molecule has 1 heterocycles. The number of carbonyl (C=O) groups excluding carboxylic acids is 2. The van der Waals surface area contributed by atoms with E-state index in [-0.39, 0.29) is 30.2 Å². The van der Waals surface area contributed by atoms with E-state index in [0.717, 1.165) is 0 Å². The molecule has 1 aromatic carbocycles. The van der Waals surface area contributed by atoms with Crippen molar-refractivity contribution >= 4 is 11.8 Å². The zero-order chi connectivity index (χ0) is 13.3. The van der Waals surface area contributed by atoms with Crippen LogP contribution in [-0.4, -0.2) is 34.4 Å². The van der Waals surface area contributed by atoms with Crippen molar-refractivity contribution in [3.05, 3.63) is 29.8 Å². The first-order chi connectivity index (χ1) is 8.49. The fourth-order valence-corrected chi connectivity index (χ4v) is 2.03. The van der Waals surface area contributed by atoms with Gasteiger partial charge in [0.1, 0.15) is 11.8 Å². The Morgan fingerprint density at radius 1 is 1.39 bits per heavy atom. The van der Waals surface area contributed by atoms with E-state index in [9.17, 15) is 14.7 Å².